The van der Waals surface area contributed by atoms with Gasteiger partial charge in [-0.05, 0) is 43.7 Å². The van der Waals surface area contributed by atoms with E-state index in [1.165, 1.54) is 43.6 Å². The van der Waals surface area contributed by atoms with Crippen molar-refractivity contribution in [3.8, 4) is 5.69 Å². The molecule has 0 aliphatic heterocycles. The van der Waals surface area contributed by atoms with Crippen LogP contribution in [0.3, 0.4) is 0 Å². The smallest absolute Gasteiger partial charge is 0.407 e. The summed E-state index contributed by atoms with van der Waals surface area (Å²) >= 11 is 0. The molecule has 0 aliphatic rings. The summed E-state index contributed by atoms with van der Waals surface area (Å²) in [5.74, 6) is -0.550. The molecule has 0 fully saturated rings. The van der Waals surface area contributed by atoms with E-state index in [2.05, 4.69) is 10.1 Å². The summed E-state index contributed by atoms with van der Waals surface area (Å²) in [6, 6.07) is 8.24. The van der Waals surface area contributed by atoms with E-state index < -0.39 is 21.7 Å². The number of aromatic nitrogens is 3. The van der Waals surface area contributed by atoms with Crippen molar-refractivity contribution in [2.75, 3.05) is 7.05 Å². The summed E-state index contributed by atoms with van der Waals surface area (Å²) < 4.78 is 41.5. The van der Waals surface area contributed by atoms with Crippen LogP contribution >= 0.6 is 0 Å². The summed E-state index contributed by atoms with van der Waals surface area (Å²) in [6.07, 6.45) is 0.0531. The van der Waals surface area contributed by atoms with Crippen LogP contribution in [0.25, 0.3) is 5.69 Å². The van der Waals surface area contributed by atoms with Crippen LogP contribution in [-0.2, 0) is 16.4 Å². The third-order valence-corrected chi connectivity index (χ3v) is 6.03. The van der Waals surface area contributed by atoms with Crippen LogP contribution in [0.1, 0.15) is 17.0 Å². The highest BCUT2D eigenvalue weighted by molar-refractivity contribution is 7.91. The molecule has 152 valence electrons. The van der Waals surface area contributed by atoms with Gasteiger partial charge < -0.3 is 10.0 Å². The molecular formula is C19H19FN4O4S. The van der Waals surface area contributed by atoms with E-state index >= 15 is 0 Å². The Hall–Kier alpha value is -3.27. The van der Waals surface area contributed by atoms with E-state index in [0.717, 1.165) is 9.58 Å². The van der Waals surface area contributed by atoms with E-state index in [1.54, 1.807) is 19.9 Å². The Labute approximate surface area is 167 Å². The van der Waals surface area contributed by atoms with Gasteiger partial charge in [-0.2, -0.15) is 5.10 Å². The molecule has 0 bridgehead atoms. The van der Waals surface area contributed by atoms with Gasteiger partial charge in [0.1, 0.15) is 5.82 Å². The van der Waals surface area contributed by atoms with Crippen LogP contribution in [-0.4, -0.2) is 46.3 Å². The minimum Gasteiger partial charge on any atom is -0.465 e. The molecule has 0 spiro atoms. The summed E-state index contributed by atoms with van der Waals surface area (Å²) in [4.78, 5) is 16.1. The first-order valence-electron chi connectivity index (χ1n) is 8.57. The topological polar surface area (TPSA) is 105 Å². The van der Waals surface area contributed by atoms with Gasteiger partial charge in [0.05, 0.1) is 22.8 Å². The number of benzene rings is 1. The number of rotatable bonds is 5. The van der Waals surface area contributed by atoms with Crippen molar-refractivity contribution < 1.29 is 22.7 Å². The number of sulfone groups is 1. The first kappa shape index (κ1) is 20.5. The minimum atomic E-state index is -4.05. The van der Waals surface area contributed by atoms with Gasteiger partial charge >= 0.3 is 6.09 Å². The molecular weight excluding hydrogens is 399 g/mol. The summed E-state index contributed by atoms with van der Waals surface area (Å²) in [5, 5.41) is 13.2. The van der Waals surface area contributed by atoms with Gasteiger partial charge in [-0.3, -0.25) is 4.98 Å². The Kier molecular flexibility index (Phi) is 5.38. The molecule has 1 N–H and O–H groups in total. The molecule has 3 aromatic rings. The maximum absolute atomic E-state index is 13.9. The number of aryl methyl sites for hydroxylation is 2. The minimum absolute atomic E-state index is 0.0450. The van der Waals surface area contributed by atoms with E-state index in [1.807, 2.05) is 0 Å². The zero-order valence-electron chi connectivity index (χ0n) is 16.0. The molecule has 10 heteroatoms. The Morgan fingerprint density at radius 1 is 1.21 bits per heavy atom. The van der Waals surface area contributed by atoms with Crippen molar-refractivity contribution in [3.05, 3.63) is 65.4 Å². The lowest BCUT2D eigenvalue weighted by Gasteiger charge is -2.11. The third-order valence-electron chi connectivity index (χ3n) is 4.32. The van der Waals surface area contributed by atoms with E-state index in [4.69, 9.17) is 5.11 Å². The monoisotopic (exact) mass is 418 g/mol. The number of carbonyl (C=O) groups is 1. The van der Waals surface area contributed by atoms with Gasteiger partial charge in [0.15, 0.2) is 5.03 Å². The molecule has 0 atom stereocenters. The zero-order valence-corrected chi connectivity index (χ0v) is 16.8. The number of pyridine rings is 1. The highest BCUT2D eigenvalue weighted by Gasteiger charge is 2.27. The second kappa shape index (κ2) is 7.63. The molecule has 2 heterocycles. The third kappa shape index (κ3) is 4.11. The highest BCUT2D eigenvalue weighted by Crippen LogP contribution is 2.26. The molecule has 29 heavy (non-hydrogen) atoms. The van der Waals surface area contributed by atoms with Gasteiger partial charge in [0.25, 0.3) is 0 Å². The summed E-state index contributed by atoms with van der Waals surface area (Å²) in [7, 11) is -2.71. The van der Waals surface area contributed by atoms with Crippen LogP contribution in [0.2, 0.25) is 0 Å². The molecule has 0 saturated heterocycles. The van der Waals surface area contributed by atoms with E-state index in [0.29, 0.717) is 11.3 Å². The van der Waals surface area contributed by atoms with Crippen molar-refractivity contribution in [1.82, 2.24) is 19.7 Å². The molecule has 8 nitrogen and oxygen atoms in total. The molecule has 1 amide bonds. The molecule has 0 radical (unpaired) electrons. The van der Waals surface area contributed by atoms with Gasteiger partial charge in [-0.15, -0.1) is 0 Å². The second-order valence-corrected chi connectivity index (χ2v) is 8.49. The van der Waals surface area contributed by atoms with Crippen LogP contribution in [0.4, 0.5) is 9.18 Å². The van der Waals surface area contributed by atoms with Gasteiger partial charge in [0.2, 0.25) is 9.84 Å². The zero-order chi connectivity index (χ0) is 21.3. The maximum atomic E-state index is 13.9. The van der Waals surface area contributed by atoms with E-state index in [-0.39, 0.29) is 27.8 Å². The average Bonchev–Trinajstić information content (AvgIpc) is 3.08. The lowest BCUT2D eigenvalue weighted by Crippen LogP contribution is -2.24. The summed E-state index contributed by atoms with van der Waals surface area (Å²) in [5.41, 5.74) is 1.71. The first-order chi connectivity index (χ1) is 13.6. The van der Waals surface area contributed by atoms with Crippen LogP contribution in [0.15, 0.2) is 52.5 Å². The number of carboxylic acid groups (broad SMARTS) is 1. The van der Waals surface area contributed by atoms with E-state index in [9.17, 15) is 17.6 Å². The van der Waals surface area contributed by atoms with Gasteiger partial charge in [-0.1, -0.05) is 6.07 Å². The quantitative estimate of drug-likeness (QED) is 0.683. The van der Waals surface area contributed by atoms with Crippen LogP contribution in [0.5, 0.6) is 0 Å². The largest absolute Gasteiger partial charge is 0.465 e. The average molecular weight is 418 g/mol. The number of hydrogen-bond donors (Lipinski definition) is 1. The SMILES string of the molecule is Cc1ccc(S(=O)(=O)c2cc(CN(C)C(=O)O)nn2-c2cc(F)ccc2C)cn1. The predicted octanol–water partition coefficient (Wildman–Crippen LogP) is 2.97. The fraction of sp³-hybridized carbons (Fsp3) is 0.211. The van der Waals surface area contributed by atoms with Crippen molar-refractivity contribution in [2.45, 2.75) is 30.3 Å². The number of halogens is 1. The van der Waals surface area contributed by atoms with Crippen molar-refractivity contribution in [3.63, 3.8) is 0 Å². The van der Waals surface area contributed by atoms with Gasteiger partial charge in [-0.25, -0.2) is 22.3 Å². The molecule has 2 aromatic heterocycles. The number of amides is 1. The van der Waals surface area contributed by atoms with Crippen molar-refractivity contribution in [2.24, 2.45) is 0 Å². The number of nitrogens with zero attached hydrogens (tertiary/aromatic N) is 4. The molecule has 0 aliphatic carbocycles. The first-order valence-corrected chi connectivity index (χ1v) is 10.0. The Balaban J connectivity index is 2.21. The lowest BCUT2D eigenvalue weighted by molar-refractivity contribution is 0.153. The summed E-state index contributed by atoms with van der Waals surface area (Å²) in [6.45, 7) is 3.30. The standard InChI is InChI=1S/C19H19FN4O4S/c1-12-4-6-14(20)8-17(12)24-18(9-15(22-24)11-23(3)19(25)26)29(27,28)16-7-5-13(2)21-10-16/h4-10H,11H2,1-3H3,(H,25,26). The predicted molar refractivity (Wildman–Crippen MR) is 102 cm³/mol. The Morgan fingerprint density at radius 3 is 2.55 bits per heavy atom. The fourth-order valence-electron chi connectivity index (χ4n) is 2.71. The Morgan fingerprint density at radius 2 is 1.93 bits per heavy atom. The van der Waals surface area contributed by atoms with Crippen LogP contribution in [0, 0.1) is 19.7 Å². The molecule has 0 unspecified atom stereocenters. The van der Waals surface area contributed by atoms with Gasteiger partial charge in [0, 0.05) is 25.0 Å². The Bertz CT molecular complexity index is 1170. The van der Waals surface area contributed by atoms with Crippen LogP contribution < -0.4 is 0 Å². The molecule has 3 rings (SSSR count). The second-order valence-electron chi connectivity index (χ2n) is 6.59. The maximum Gasteiger partial charge on any atom is 0.407 e. The van der Waals surface area contributed by atoms with Crippen molar-refractivity contribution in [1.29, 1.82) is 0 Å². The highest BCUT2D eigenvalue weighted by atomic mass is 32.2. The normalized spacial score (nSPS) is 11.4. The van der Waals surface area contributed by atoms with Crippen molar-refractivity contribution >= 4 is 15.9 Å². The molecule has 0 saturated carbocycles. The molecule has 1 aromatic carbocycles. The lowest BCUT2D eigenvalue weighted by atomic mass is 10.2. The fourth-order valence-corrected chi connectivity index (χ4v) is 4.05. The number of hydrogen-bond acceptors (Lipinski definition) is 5.